The van der Waals surface area contributed by atoms with Gasteiger partial charge in [0.05, 0.1) is 32.1 Å². The number of hydrogen-bond acceptors (Lipinski definition) is 9. The summed E-state index contributed by atoms with van der Waals surface area (Å²) in [5.74, 6) is 0.383. The van der Waals surface area contributed by atoms with Crippen molar-refractivity contribution in [1.82, 2.24) is 10.3 Å². The molecule has 0 saturated carbocycles. The number of carbonyl (C=O) groups excluding carboxylic acids is 1. The van der Waals surface area contributed by atoms with Gasteiger partial charge in [0.15, 0.2) is 5.54 Å². The standard InChI is InChI=1S/C32H31IN4O6S/c1-4-43-30-25(6-5-15-35-30)32(36-23-10-7-20(8-11-23)21-18-34-19-21)26-16-22(33)9-13-27(26)37(31(32)38)44(39,40)29-14-12-24(41-2)17-28(29)42-3/h5-17,21,34,36H,4,18-19H2,1-3H3. The minimum absolute atomic E-state index is 0.0483. The summed E-state index contributed by atoms with van der Waals surface area (Å²) in [6.45, 7) is 3.95. The van der Waals surface area contributed by atoms with Gasteiger partial charge in [0, 0.05) is 46.1 Å². The molecule has 3 heterocycles. The Morgan fingerprint density at radius 2 is 1.80 bits per heavy atom. The lowest BCUT2D eigenvalue weighted by Crippen LogP contribution is -2.49. The summed E-state index contributed by atoms with van der Waals surface area (Å²) in [5, 5.41) is 6.75. The third kappa shape index (κ3) is 4.94. The van der Waals surface area contributed by atoms with Crippen LogP contribution >= 0.6 is 22.6 Å². The van der Waals surface area contributed by atoms with Gasteiger partial charge in [-0.1, -0.05) is 12.1 Å². The van der Waals surface area contributed by atoms with Crippen molar-refractivity contribution >= 4 is 49.9 Å². The number of sulfonamides is 1. The van der Waals surface area contributed by atoms with E-state index in [9.17, 15) is 8.42 Å². The SMILES string of the molecule is CCOc1ncccc1C1(Nc2ccc(C3CNC3)cc2)C(=O)N(S(=O)(=O)c2ccc(OC)cc2OC)c2ccc(I)cc21. The van der Waals surface area contributed by atoms with E-state index < -0.39 is 21.5 Å². The minimum atomic E-state index is -4.50. The number of hydrogen-bond donors (Lipinski definition) is 2. The number of rotatable bonds is 10. The first-order chi connectivity index (χ1) is 21.2. The van der Waals surface area contributed by atoms with Gasteiger partial charge in [0.25, 0.3) is 15.9 Å². The molecule has 0 radical (unpaired) electrons. The first-order valence-corrected chi connectivity index (χ1v) is 16.6. The fourth-order valence-corrected chi connectivity index (χ4v) is 7.74. The van der Waals surface area contributed by atoms with Crippen molar-refractivity contribution in [3.05, 3.63) is 99.3 Å². The number of ether oxygens (including phenoxy) is 3. The molecule has 1 unspecified atom stereocenters. The first kappa shape index (κ1) is 30.2. The second-order valence-electron chi connectivity index (χ2n) is 10.4. The molecule has 1 atom stereocenters. The molecule has 1 fully saturated rings. The van der Waals surface area contributed by atoms with E-state index >= 15 is 4.79 Å². The third-order valence-electron chi connectivity index (χ3n) is 7.93. The average Bonchev–Trinajstić information content (AvgIpc) is 3.25. The van der Waals surface area contributed by atoms with Crippen LogP contribution in [-0.2, 0) is 20.4 Å². The topological polar surface area (TPSA) is 119 Å². The van der Waals surface area contributed by atoms with Crippen molar-refractivity contribution in [2.75, 3.05) is 43.5 Å². The Hall–Kier alpha value is -3.88. The molecule has 10 nitrogen and oxygen atoms in total. The van der Waals surface area contributed by atoms with Crippen LogP contribution in [0.2, 0.25) is 0 Å². The Balaban J connectivity index is 1.58. The lowest BCUT2D eigenvalue weighted by molar-refractivity contribution is -0.120. The number of aromatic nitrogens is 1. The summed E-state index contributed by atoms with van der Waals surface area (Å²) in [5.41, 5.74) is 1.16. The van der Waals surface area contributed by atoms with Gasteiger partial charge in [0.1, 0.15) is 16.4 Å². The molecule has 1 saturated heterocycles. The normalized spacial score (nSPS) is 18.0. The van der Waals surface area contributed by atoms with Crippen LogP contribution < -0.4 is 29.1 Å². The lowest BCUT2D eigenvalue weighted by atomic mass is 9.83. The van der Waals surface area contributed by atoms with Crippen molar-refractivity contribution < 1.29 is 27.4 Å². The number of anilines is 2. The summed E-state index contributed by atoms with van der Waals surface area (Å²) in [7, 11) is -1.65. The van der Waals surface area contributed by atoms with Crippen LogP contribution in [0.15, 0.2) is 83.9 Å². The van der Waals surface area contributed by atoms with Crippen LogP contribution in [0.3, 0.4) is 0 Å². The highest BCUT2D eigenvalue weighted by atomic mass is 127. The second-order valence-corrected chi connectivity index (χ2v) is 13.4. The molecule has 2 N–H and O–H groups in total. The highest BCUT2D eigenvalue weighted by Crippen LogP contribution is 2.51. The van der Waals surface area contributed by atoms with E-state index in [4.69, 9.17) is 14.2 Å². The fraction of sp³-hybridized carbons (Fsp3) is 0.250. The molecule has 4 aromatic rings. The van der Waals surface area contributed by atoms with E-state index in [1.807, 2.05) is 37.3 Å². The van der Waals surface area contributed by atoms with Crippen LogP contribution in [0.1, 0.15) is 29.5 Å². The van der Waals surface area contributed by atoms with Crippen LogP contribution in [-0.4, -0.2) is 53.2 Å². The number of pyridine rings is 1. The summed E-state index contributed by atoms with van der Waals surface area (Å²) < 4.78 is 47.4. The highest BCUT2D eigenvalue weighted by Gasteiger charge is 2.58. The van der Waals surface area contributed by atoms with Crippen LogP contribution in [0.5, 0.6) is 17.4 Å². The predicted octanol–water partition coefficient (Wildman–Crippen LogP) is 4.88. The molecule has 3 aromatic carbocycles. The van der Waals surface area contributed by atoms with Crippen LogP contribution in [0.4, 0.5) is 11.4 Å². The van der Waals surface area contributed by atoms with Crippen LogP contribution in [0.25, 0.3) is 0 Å². The van der Waals surface area contributed by atoms with Gasteiger partial charge in [-0.15, -0.1) is 0 Å². The van der Waals surface area contributed by atoms with Crippen molar-refractivity contribution in [3.8, 4) is 17.4 Å². The van der Waals surface area contributed by atoms with Gasteiger partial charge in [-0.05, 0) is 89.7 Å². The maximum atomic E-state index is 15.1. The quantitative estimate of drug-likeness (QED) is 0.221. The van der Waals surface area contributed by atoms with Crippen molar-refractivity contribution in [1.29, 1.82) is 0 Å². The Labute approximate surface area is 269 Å². The molecule has 44 heavy (non-hydrogen) atoms. The van der Waals surface area contributed by atoms with E-state index in [-0.39, 0.29) is 22.2 Å². The Morgan fingerprint density at radius 1 is 1.02 bits per heavy atom. The van der Waals surface area contributed by atoms with E-state index in [0.29, 0.717) is 35.1 Å². The first-order valence-electron chi connectivity index (χ1n) is 14.0. The zero-order chi connectivity index (χ0) is 31.1. The van der Waals surface area contributed by atoms with Crippen molar-refractivity contribution in [2.45, 2.75) is 23.3 Å². The summed E-state index contributed by atoms with van der Waals surface area (Å²) >= 11 is 2.16. The molecule has 12 heteroatoms. The Kier molecular flexibility index (Phi) is 8.16. The maximum Gasteiger partial charge on any atom is 0.276 e. The van der Waals surface area contributed by atoms with Gasteiger partial charge in [-0.25, -0.2) is 13.4 Å². The highest BCUT2D eigenvalue weighted by molar-refractivity contribution is 14.1. The number of halogens is 1. The number of methoxy groups -OCH3 is 2. The second kappa shape index (κ2) is 11.9. The average molecular weight is 727 g/mol. The van der Waals surface area contributed by atoms with Gasteiger partial charge in [0.2, 0.25) is 5.88 Å². The van der Waals surface area contributed by atoms with Crippen LogP contribution in [0, 0.1) is 3.57 Å². The van der Waals surface area contributed by atoms with Gasteiger partial charge >= 0.3 is 0 Å². The number of carbonyl (C=O) groups is 1. The number of nitrogens with one attached hydrogen (secondary N) is 2. The lowest BCUT2D eigenvalue weighted by Gasteiger charge is -2.33. The molecular formula is C32H31IN4O6S. The number of benzene rings is 3. The zero-order valence-electron chi connectivity index (χ0n) is 24.3. The molecule has 0 bridgehead atoms. The summed E-state index contributed by atoms with van der Waals surface area (Å²) in [4.78, 5) is 19.3. The molecule has 1 amide bonds. The maximum absolute atomic E-state index is 15.1. The predicted molar refractivity (Wildman–Crippen MR) is 175 cm³/mol. The molecule has 0 spiro atoms. The summed E-state index contributed by atoms with van der Waals surface area (Å²) in [6.07, 6.45) is 1.58. The Morgan fingerprint density at radius 3 is 2.45 bits per heavy atom. The van der Waals surface area contributed by atoms with E-state index in [1.165, 1.54) is 38.0 Å². The van der Waals surface area contributed by atoms with E-state index in [1.54, 1.807) is 30.5 Å². The largest absolute Gasteiger partial charge is 0.497 e. The van der Waals surface area contributed by atoms with Gasteiger partial charge in [-0.3, -0.25) is 4.79 Å². The van der Waals surface area contributed by atoms with E-state index in [2.05, 4.69) is 38.2 Å². The molecule has 228 valence electrons. The minimum Gasteiger partial charge on any atom is -0.497 e. The number of fused-ring (bicyclic) bond motifs is 1. The Bertz CT molecular complexity index is 1830. The molecule has 1 aromatic heterocycles. The van der Waals surface area contributed by atoms with Gasteiger partial charge in [-0.2, -0.15) is 4.31 Å². The molecule has 0 aliphatic carbocycles. The van der Waals surface area contributed by atoms with Crippen molar-refractivity contribution in [3.63, 3.8) is 0 Å². The number of amides is 1. The zero-order valence-corrected chi connectivity index (χ0v) is 27.3. The fourth-order valence-electron chi connectivity index (χ4n) is 5.64. The summed E-state index contributed by atoms with van der Waals surface area (Å²) in [6, 6.07) is 20.9. The molecule has 6 rings (SSSR count). The smallest absolute Gasteiger partial charge is 0.276 e. The third-order valence-corrected chi connectivity index (χ3v) is 10.3. The molecule has 2 aliphatic heterocycles. The molecule has 2 aliphatic rings. The van der Waals surface area contributed by atoms with E-state index in [0.717, 1.165) is 21.0 Å². The monoisotopic (exact) mass is 726 g/mol. The molecular weight excluding hydrogens is 695 g/mol. The van der Waals surface area contributed by atoms with Gasteiger partial charge < -0.3 is 24.8 Å². The van der Waals surface area contributed by atoms with Crippen molar-refractivity contribution in [2.24, 2.45) is 0 Å². The number of nitrogens with zero attached hydrogens (tertiary/aromatic N) is 2.